The summed E-state index contributed by atoms with van der Waals surface area (Å²) in [5.41, 5.74) is 1.73. The monoisotopic (exact) mass is 335 g/mol. The number of benzene rings is 2. The van der Waals surface area contributed by atoms with Crippen molar-refractivity contribution in [3.63, 3.8) is 0 Å². The number of aromatic amines is 1. The Labute approximate surface area is 142 Å². The van der Waals surface area contributed by atoms with Crippen molar-refractivity contribution in [3.8, 4) is 5.69 Å². The molecule has 4 rings (SSSR count). The van der Waals surface area contributed by atoms with Crippen molar-refractivity contribution in [2.24, 2.45) is 0 Å². The van der Waals surface area contributed by atoms with Crippen molar-refractivity contribution in [3.05, 3.63) is 82.5 Å². The molecule has 2 aromatic heterocycles. The summed E-state index contributed by atoms with van der Waals surface area (Å²) in [5.74, 6) is -0.00204. The van der Waals surface area contributed by atoms with E-state index in [1.165, 1.54) is 18.3 Å². The van der Waals surface area contributed by atoms with E-state index in [-0.39, 0.29) is 11.4 Å². The SMILES string of the molecule is O=c1[nH]c(NCc2cccc(F)c2)nc2c1cnn2-c1ccccc1. The Hall–Kier alpha value is -3.48. The van der Waals surface area contributed by atoms with E-state index in [4.69, 9.17) is 0 Å². The smallest absolute Gasteiger partial charge is 0.263 e. The lowest BCUT2D eigenvalue weighted by atomic mass is 10.2. The number of nitrogens with zero attached hydrogens (tertiary/aromatic N) is 3. The topological polar surface area (TPSA) is 75.6 Å². The molecule has 0 radical (unpaired) electrons. The van der Waals surface area contributed by atoms with Crippen LogP contribution in [0.2, 0.25) is 0 Å². The van der Waals surface area contributed by atoms with Gasteiger partial charge in [-0.05, 0) is 29.8 Å². The molecule has 0 atom stereocenters. The number of para-hydroxylation sites is 1. The fourth-order valence-corrected chi connectivity index (χ4v) is 2.59. The van der Waals surface area contributed by atoms with E-state index in [2.05, 4.69) is 20.4 Å². The molecule has 7 heteroatoms. The molecule has 0 saturated carbocycles. The Bertz CT molecular complexity index is 1090. The third kappa shape index (κ3) is 2.99. The highest BCUT2D eigenvalue weighted by molar-refractivity contribution is 5.76. The number of fused-ring (bicyclic) bond motifs is 1. The van der Waals surface area contributed by atoms with Crippen LogP contribution in [0.25, 0.3) is 16.7 Å². The lowest BCUT2D eigenvalue weighted by Gasteiger charge is -2.07. The van der Waals surface area contributed by atoms with Crippen molar-refractivity contribution in [2.75, 3.05) is 5.32 Å². The van der Waals surface area contributed by atoms with Crippen molar-refractivity contribution in [1.29, 1.82) is 0 Å². The summed E-state index contributed by atoms with van der Waals surface area (Å²) in [5, 5.41) is 7.67. The van der Waals surface area contributed by atoms with Crippen molar-refractivity contribution in [2.45, 2.75) is 6.54 Å². The van der Waals surface area contributed by atoms with Gasteiger partial charge in [-0.2, -0.15) is 10.1 Å². The summed E-state index contributed by atoms with van der Waals surface area (Å²) < 4.78 is 14.9. The first-order valence-corrected chi connectivity index (χ1v) is 7.72. The molecular formula is C18H14FN5O. The summed E-state index contributed by atoms with van der Waals surface area (Å²) in [6, 6.07) is 15.7. The summed E-state index contributed by atoms with van der Waals surface area (Å²) in [6.45, 7) is 0.339. The molecule has 124 valence electrons. The van der Waals surface area contributed by atoms with Gasteiger partial charge in [0.1, 0.15) is 11.2 Å². The third-order valence-electron chi connectivity index (χ3n) is 3.79. The van der Waals surface area contributed by atoms with Crippen LogP contribution in [0.4, 0.5) is 10.3 Å². The molecule has 2 aromatic carbocycles. The van der Waals surface area contributed by atoms with Gasteiger partial charge in [0.15, 0.2) is 5.65 Å². The van der Waals surface area contributed by atoms with Gasteiger partial charge >= 0.3 is 0 Å². The average molecular weight is 335 g/mol. The number of rotatable bonds is 4. The van der Waals surface area contributed by atoms with E-state index in [0.717, 1.165) is 11.3 Å². The first-order valence-electron chi connectivity index (χ1n) is 7.72. The lowest BCUT2D eigenvalue weighted by molar-refractivity contribution is 0.626. The van der Waals surface area contributed by atoms with Crippen LogP contribution in [-0.2, 0) is 6.54 Å². The highest BCUT2D eigenvalue weighted by Crippen LogP contribution is 2.15. The first kappa shape index (κ1) is 15.1. The molecular weight excluding hydrogens is 321 g/mol. The maximum absolute atomic E-state index is 13.3. The van der Waals surface area contributed by atoms with Crippen molar-refractivity contribution >= 4 is 17.0 Å². The van der Waals surface area contributed by atoms with Crippen LogP contribution in [0.1, 0.15) is 5.56 Å². The molecule has 0 spiro atoms. The maximum atomic E-state index is 13.3. The molecule has 4 aromatic rings. The lowest BCUT2D eigenvalue weighted by Crippen LogP contribution is -2.13. The highest BCUT2D eigenvalue weighted by Gasteiger charge is 2.11. The molecule has 2 heterocycles. The van der Waals surface area contributed by atoms with Gasteiger partial charge in [0.25, 0.3) is 5.56 Å². The van der Waals surface area contributed by atoms with E-state index in [0.29, 0.717) is 23.5 Å². The average Bonchev–Trinajstić information content (AvgIpc) is 3.05. The molecule has 0 saturated heterocycles. The second kappa shape index (κ2) is 6.20. The Kier molecular flexibility index (Phi) is 3.74. The predicted molar refractivity (Wildman–Crippen MR) is 93.2 cm³/mol. The second-order valence-electron chi connectivity index (χ2n) is 5.53. The predicted octanol–water partition coefficient (Wildman–Crippen LogP) is 2.86. The third-order valence-corrected chi connectivity index (χ3v) is 3.79. The Morgan fingerprint density at radius 3 is 2.76 bits per heavy atom. The van der Waals surface area contributed by atoms with Crippen LogP contribution in [-0.4, -0.2) is 19.7 Å². The van der Waals surface area contributed by atoms with Crippen LogP contribution in [0.15, 0.2) is 65.6 Å². The molecule has 0 aliphatic heterocycles. The van der Waals surface area contributed by atoms with Crippen LogP contribution in [0, 0.1) is 5.82 Å². The van der Waals surface area contributed by atoms with Gasteiger partial charge in [-0.1, -0.05) is 30.3 Å². The zero-order valence-electron chi connectivity index (χ0n) is 13.1. The standard InChI is InChI=1S/C18H14FN5O/c19-13-6-4-5-12(9-13)10-20-18-22-16-15(17(25)23-18)11-21-24(16)14-7-2-1-3-8-14/h1-9,11H,10H2,(H2,20,22,23,25). The van der Waals surface area contributed by atoms with Crippen LogP contribution >= 0.6 is 0 Å². The Balaban J connectivity index is 1.70. The first-order chi connectivity index (χ1) is 12.2. The fourth-order valence-electron chi connectivity index (χ4n) is 2.59. The minimum Gasteiger partial charge on any atom is -0.352 e. The van der Waals surface area contributed by atoms with Gasteiger partial charge in [-0.15, -0.1) is 0 Å². The largest absolute Gasteiger partial charge is 0.352 e. The van der Waals surface area contributed by atoms with E-state index >= 15 is 0 Å². The number of H-pyrrole nitrogens is 1. The second-order valence-corrected chi connectivity index (χ2v) is 5.53. The number of halogens is 1. The van der Waals surface area contributed by atoms with Gasteiger partial charge in [0.2, 0.25) is 5.95 Å². The molecule has 2 N–H and O–H groups in total. The minimum atomic E-state index is -0.307. The number of hydrogen-bond acceptors (Lipinski definition) is 4. The van der Waals surface area contributed by atoms with E-state index in [9.17, 15) is 9.18 Å². The molecule has 6 nitrogen and oxygen atoms in total. The molecule has 0 aliphatic carbocycles. The minimum absolute atomic E-state index is 0.283. The molecule has 0 amide bonds. The Morgan fingerprint density at radius 2 is 1.96 bits per heavy atom. The zero-order valence-corrected chi connectivity index (χ0v) is 13.1. The Morgan fingerprint density at radius 1 is 1.12 bits per heavy atom. The molecule has 0 aliphatic rings. The molecule has 0 unspecified atom stereocenters. The molecule has 0 fully saturated rings. The van der Waals surface area contributed by atoms with E-state index < -0.39 is 0 Å². The number of hydrogen-bond donors (Lipinski definition) is 2. The highest BCUT2D eigenvalue weighted by atomic mass is 19.1. The summed E-state index contributed by atoms with van der Waals surface area (Å²) >= 11 is 0. The van der Waals surface area contributed by atoms with Crippen LogP contribution in [0.3, 0.4) is 0 Å². The van der Waals surface area contributed by atoms with Gasteiger partial charge in [-0.25, -0.2) is 9.07 Å². The van der Waals surface area contributed by atoms with Gasteiger partial charge in [0.05, 0.1) is 11.9 Å². The van der Waals surface area contributed by atoms with Crippen LogP contribution in [0.5, 0.6) is 0 Å². The number of nitrogens with one attached hydrogen (secondary N) is 2. The number of anilines is 1. The fraction of sp³-hybridized carbons (Fsp3) is 0.0556. The van der Waals surface area contributed by atoms with Crippen molar-refractivity contribution < 1.29 is 4.39 Å². The summed E-state index contributed by atoms with van der Waals surface area (Å²) in [7, 11) is 0. The van der Waals surface area contributed by atoms with Gasteiger partial charge < -0.3 is 5.32 Å². The van der Waals surface area contributed by atoms with Crippen molar-refractivity contribution in [1.82, 2.24) is 19.7 Å². The number of aromatic nitrogens is 4. The quantitative estimate of drug-likeness (QED) is 0.601. The van der Waals surface area contributed by atoms with Gasteiger partial charge in [-0.3, -0.25) is 9.78 Å². The van der Waals surface area contributed by atoms with Gasteiger partial charge in [0, 0.05) is 6.54 Å². The van der Waals surface area contributed by atoms with E-state index in [1.807, 2.05) is 30.3 Å². The normalized spacial score (nSPS) is 10.9. The summed E-state index contributed by atoms with van der Waals surface area (Å²) in [4.78, 5) is 19.4. The summed E-state index contributed by atoms with van der Waals surface area (Å²) in [6.07, 6.45) is 1.49. The zero-order chi connectivity index (χ0) is 17.2. The van der Waals surface area contributed by atoms with Crippen LogP contribution < -0.4 is 10.9 Å². The maximum Gasteiger partial charge on any atom is 0.263 e. The molecule has 25 heavy (non-hydrogen) atoms. The van der Waals surface area contributed by atoms with E-state index in [1.54, 1.807) is 16.8 Å². The molecule has 0 bridgehead atoms.